The standard InChI is InChI=1S/C10H8F2N2OS/c11-7-2-1-3-8(9(7)12)15-5-6-4-14-10(13)16-6/h1-4H,5H2,(H2,13,14). The number of halogens is 2. The minimum Gasteiger partial charge on any atom is -0.485 e. The molecule has 84 valence electrons. The van der Waals surface area contributed by atoms with Crippen LogP contribution in [0.1, 0.15) is 4.88 Å². The monoisotopic (exact) mass is 242 g/mol. The molecule has 0 aliphatic rings. The average Bonchev–Trinajstić information content (AvgIpc) is 2.67. The summed E-state index contributed by atoms with van der Waals surface area (Å²) in [6.45, 7) is 0.120. The van der Waals surface area contributed by atoms with Crippen molar-refractivity contribution in [3.63, 3.8) is 0 Å². The molecule has 6 heteroatoms. The highest BCUT2D eigenvalue weighted by atomic mass is 32.1. The first-order valence-electron chi connectivity index (χ1n) is 4.44. The van der Waals surface area contributed by atoms with Crippen molar-refractivity contribution in [3.05, 3.63) is 40.9 Å². The Morgan fingerprint density at radius 2 is 2.19 bits per heavy atom. The quantitative estimate of drug-likeness (QED) is 0.899. The molecule has 0 saturated heterocycles. The summed E-state index contributed by atoms with van der Waals surface area (Å²) in [7, 11) is 0. The van der Waals surface area contributed by atoms with Gasteiger partial charge in [0.05, 0.1) is 4.88 Å². The fourth-order valence-corrected chi connectivity index (χ4v) is 1.73. The zero-order valence-corrected chi connectivity index (χ0v) is 8.93. The van der Waals surface area contributed by atoms with Gasteiger partial charge in [0.25, 0.3) is 0 Å². The van der Waals surface area contributed by atoms with E-state index in [1.807, 2.05) is 0 Å². The smallest absolute Gasteiger partial charge is 0.200 e. The van der Waals surface area contributed by atoms with E-state index >= 15 is 0 Å². The number of nitrogens with zero attached hydrogens (tertiary/aromatic N) is 1. The maximum Gasteiger partial charge on any atom is 0.200 e. The van der Waals surface area contributed by atoms with Gasteiger partial charge in [-0.2, -0.15) is 4.39 Å². The maximum absolute atomic E-state index is 13.2. The molecular formula is C10H8F2N2OS. The molecule has 1 aromatic carbocycles. The molecule has 3 nitrogen and oxygen atoms in total. The van der Waals surface area contributed by atoms with Gasteiger partial charge < -0.3 is 10.5 Å². The molecule has 2 aromatic rings. The van der Waals surface area contributed by atoms with Crippen molar-refractivity contribution >= 4 is 16.5 Å². The number of hydrogen-bond donors (Lipinski definition) is 1. The summed E-state index contributed by atoms with van der Waals surface area (Å²) in [4.78, 5) is 4.57. The molecule has 0 saturated carbocycles. The maximum atomic E-state index is 13.2. The number of nitrogen functional groups attached to an aromatic ring is 1. The van der Waals surface area contributed by atoms with Crippen LogP contribution in [-0.4, -0.2) is 4.98 Å². The predicted molar refractivity (Wildman–Crippen MR) is 57.2 cm³/mol. The van der Waals surface area contributed by atoms with Crippen LogP contribution in [0, 0.1) is 11.6 Å². The average molecular weight is 242 g/mol. The molecule has 1 heterocycles. The van der Waals surface area contributed by atoms with E-state index in [9.17, 15) is 8.78 Å². The van der Waals surface area contributed by atoms with Gasteiger partial charge in [-0.15, -0.1) is 0 Å². The Bertz CT molecular complexity index is 501. The first-order chi connectivity index (χ1) is 7.66. The number of thiazole rings is 1. The Kier molecular flexibility index (Phi) is 3.00. The van der Waals surface area contributed by atoms with Gasteiger partial charge in [-0.1, -0.05) is 17.4 Å². The van der Waals surface area contributed by atoms with Crippen LogP contribution >= 0.6 is 11.3 Å². The molecule has 0 aliphatic carbocycles. The van der Waals surface area contributed by atoms with E-state index in [0.29, 0.717) is 5.13 Å². The number of aromatic nitrogens is 1. The van der Waals surface area contributed by atoms with Gasteiger partial charge in [0.1, 0.15) is 6.61 Å². The molecular weight excluding hydrogens is 234 g/mol. The second kappa shape index (κ2) is 4.44. The molecule has 0 bridgehead atoms. The van der Waals surface area contributed by atoms with Gasteiger partial charge in [0.15, 0.2) is 16.7 Å². The lowest BCUT2D eigenvalue weighted by Crippen LogP contribution is -1.97. The lowest BCUT2D eigenvalue weighted by molar-refractivity contribution is 0.287. The van der Waals surface area contributed by atoms with Crippen LogP contribution in [0.15, 0.2) is 24.4 Å². The topological polar surface area (TPSA) is 48.1 Å². The van der Waals surface area contributed by atoms with Crippen LogP contribution in [0.25, 0.3) is 0 Å². The zero-order valence-electron chi connectivity index (χ0n) is 8.11. The first kappa shape index (κ1) is 10.8. The first-order valence-corrected chi connectivity index (χ1v) is 5.25. The predicted octanol–water partition coefficient (Wildman–Crippen LogP) is 2.58. The summed E-state index contributed by atoms with van der Waals surface area (Å²) >= 11 is 1.24. The van der Waals surface area contributed by atoms with Gasteiger partial charge in [-0.05, 0) is 12.1 Å². The Morgan fingerprint density at radius 3 is 2.88 bits per heavy atom. The number of rotatable bonds is 3. The lowest BCUT2D eigenvalue weighted by Gasteiger charge is -2.05. The molecule has 0 aliphatic heterocycles. The van der Waals surface area contributed by atoms with Crippen molar-refractivity contribution < 1.29 is 13.5 Å². The van der Waals surface area contributed by atoms with Crippen LogP contribution in [0.3, 0.4) is 0 Å². The second-order valence-corrected chi connectivity index (χ2v) is 4.15. The fourth-order valence-electron chi connectivity index (χ4n) is 1.13. The Morgan fingerprint density at radius 1 is 1.38 bits per heavy atom. The molecule has 2 rings (SSSR count). The summed E-state index contributed by atoms with van der Waals surface area (Å²) in [5, 5.41) is 0.415. The molecule has 0 unspecified atom stereocenters. The van der Waals surface area contributed by atoms with Crippen LogP contribution < -0.4 is 10.5 Å². The Labute approximate surface area is 94.5 Å². The largest absolute Gasteiger partial charge is 0.485 e. The number of ether oxygens (including phenoxy) is 1. The van der Waals surface area contributed by atoms with Gasteiger partial charge >= 0.3 is 0 Å². The molecule has 0 atom stereocenters. The zero-order chi connectivity index (χ0) is 11.5. The van der Waals surface area contributed by atoms with Crippen molar-refractivity contribution in [1.82, 2.24) is 4.98 Å². The van der Waals surface area contributed by atoms with Crippen LogP contribution in [0.2, 0.25) is 0 Å². The van der Waals surface area contributed by atoms with E-state index in [1.165, 1.54) is 29.7 Å². The Hall–Kier alpha value is -1.69. The molecule has 0 amide bonds. The van der Waals surface area contributed by atoms with Gasteiger partial charge in [0.2, 0.25) is 5.82 Å². The fraction of sp³-hybridized carbons (Fsp3) is 0.100. The third kappa shape index (κ3) is 2.27. The van der Waals surface area contributed by atoms with Crippen molar-refractivity contribution in [1.29, 1.82) is 0 Å². The third-order valence-corrected chi connectivity index (χ3v) is 2.66. The highest BCUT2D eigenvalue weighted by Crippen LogP contribution is 2.22. The van der Waals surface area contributed by atoms with E-state index < -0.39 is 11.6 Å². The molecule has 2 N–H and O–H groups in total. The summed E-state index contributed by atoms with van der Waals surface area (Å²) in [6.07, 6.45) is 1.54. The van der Waals surface area contributed by atoms with Gasteiger partial charge in [0, 0.05) is 6.20 Å². The van der Waals surface area contributed by atoms with E-state index in [1.54, 1.807) is 0 Å². The van der Waals surface area contributed by atoms with Crippen LogP contribution in [0.4, 0.5) is 13.9 Å². The molecule has 0 spiro atoms. The number of benzene rings is 1. The van der Waals surface area contributed by atoms with Gasteiger partial charge in [-0.3, -0.25) is 0 Å². The SMILES string of the molecule is Nc1ncc(COc2cccc(F)c2F)s1. The molecule has 1 aromatic heterocycles. The minimum atomic E-state index is -0.986. The number of anilines is 1. The summed E-state index contributed by atoms with van der Waals surface area (Å²) in [5.41, 5.74) is 5.42. The molecule has 0 fully saturated rings. The second-order valence-electron chi connectivity index (χ2n) is 3.01. The normalized spacial score (nSPS) is 10.4. The molecule has 0 radical (unpaired) electrons. The summed E-state index contributed by atoms with van der Waals surface area (Å²) < 4.78 is 31.1. The summed E-state index contributed by atoms with van der Waals surface area (Å²) in [6, 6.07) is 3.78. The Balaban J connectivity index is 2.07. The van der Waals surface area contributed by atoms with Gasteiger partial charge in [-0.25, -0.2) is 9.37 Å². The van der Waals surface area contributed by atoms with E-state index in [-0.39, 0.29) is 12.4 Å². The third-order valence-electron chi connectivity index (χ3n) is 1.86. The van der Waals surface area contributed by atoms with Crippen LogP contribution in [0.5, 0.6) is 5.75 Å². The molecule has 16 heavy (non-hydrogen) atoms. The van der Waals surface area contributed by atoms with E-state index in [2.05, 4.69) is 4.98 Å². The van der Waals surface area contributed by atoms with Crippen molar-refractivity contribution in [3.8, 4) is 5.75 Å². The number of hydrogen-bond acceptors (Lipinski definition) is 4. The van der Waals surface area contributed by atoms with Crippen LogP contribution in [-0.2, 0) is 6.61 Å². The highest BCUT2D eigenvalue weighted by Gasteiger charge is 2.09. The van der Waals surface area contributed by atoms with E-state index in [4.69, 9.17) is 10.5 Å². The highest BCUT2D eigenvalue weighted by molar-refractivity contribution is 7.15. The van der Waals surface area contributed by atoms with Crippen molar-refractivity contribution in [2.45, 2.75) is 6.61 Å². The minimum absolute atomic E-state index is 0.119. The van der Waals surface area contributed by atoms with Crippen molar-refractivity contribution in [2.75, 3.05) is 5.73 Å². The van der Waals surface area contributed by atoms with Crippen molar-refractivity contribution in [2.24, 2.45) is 0 Å². The lowest BCUT2D eigenvalue weighted by atomic mass is 10.3. The van der Waals surface area contributed by atoms with E-state index in [0.717, 1.165) is 10.9 Å². The number of nitrogens with two attached hydrogens (primary N) is 1. The summed E-state index contributed by atoms with van der Waals surface area (Å²) in [5.74, 6) is -2.03.